The van der Waals surface area contributed by atoms with E-state index in [0.29, 0.717) is 18.2 Å². The molecule has 2 N–H and O–H groups in total. The Morgan fingerprint density at radius 1 is 1.07 bits per heavy atom. The SMILES string of the molecule is O=C(O)c1ccc(C(F)(F)F)cc1NS(=O)(=O)c1cccc2nccnc12. The summed E-state index contributed by atoms with van der Waals surface area (Å²) in [5.74, 6) is -1.58. The summed E-state index contributed by atoms with van der Waals surface area (Å²) in [7, 11) is -4.44. The molecule has 2 aromatic carbocycles. The van der Waals surface area contributed by atoms with Crippen molar-refractivity contribution in [3.63, 3.8) is 0 Å². The third kappa shape index (κ3) is 3.67. The van der Waals surface area contributed by atoms with Gasteiger partial charge in [0.2, 0.25) is 0 Å². The molecule has 3 rings (SSSR count). The molecule has 0 bridgehead atoms. The van der Waals surface area contributed by atoms with Gasteiger partial charge in [0.1, 0.15) is 10.4 Å². The fraction of sp³-hybridized carbons (Fsp3) is 0.0625. The predicted octanol–water partition coefficient (Wildman–Crippen LogP) is 3.15. The van der Waals surface area contributed by atoms with Crippen molar-refractivity contribution in [3.8, 4) is 0 Å². The van der Waals surface area contributed by atoms with Crippen LogP contribution >= 0.6 is 0 Å². The summed E-state index contributed by atoms with van der Waals surface area (Å²) in [5, 5.41) is 9.16. The van der Waals surface area contributed by atoms with Crippen LogP contribution in [-0.2, 0) is 16.2 Å². The number of rotatable bonds is 4. The van der Waals surface area contributed by atoms with Gasteiger partial charge in [-0.2, -0.15) is 13.2 Å². The minimum absolute atomic E-state index is 0.00338. The number of sulfonamides is 1. The van der Waals surface area contributed by atoms with Gasteiger partial charge in [-0.3, -0.25) is 14.7 Å². The Kier molecular flexibility index (Phi) is 4.47. The van der Waals surface area contributed by atoms with Crippen molar-refractivity contribution in [2.45, 2.75) is 11.1 Å². The van der Waals surface area contributed by atoms with E-state index in [-0.39, 0.29) is 15.9 Å². The minimum atomic E-state index is -4.78. The molecule has 0 fully saturated rings. The van der Waals surface area contributed by atoms with Crippen LogP contribution in [0.1, 0.15) is 15.9 Å². The van der Waals surface area contributed by atoms with E-state index < -0.39 is 39.0 Å². The van der Waals surface area contributed by atoms with Crippen molar-refractivity contribution in [1.82, 2.24) is 9.97 Å². The van der Waals surface area contributed by atoms with Crippen molar-refractivity contribution in [2.24, 2.45) is 0 Å². The number of anilines is 1. The third-order valence-corrected chi connectivity index (χ3v) is 4.97. The molecule has 0 aliphatic heterocycles. The number of benzene rings is 2. The highest BCUT2D eigenvalue weighted by molar-refractivity contribution is 7.93. The molecule has 0 aliphatic carbocycles. The lowest BCUT2D eigenvalue weighted by Crippen LogP contribution is -2.17. The van der Waals surface area contributed by atoms with Crippen molar-refractivity contribution in [3.05, 3.63) is 59.9 Å². The van der Waals surface area contributed by atoms with Crippen molar-refractivity contribution < 1.29 is 31.5 Å². The number of nitrogens with one attached hydrogen (secondary N) is 1. The lowest BCUT2D eigenvalue weighted by atomic mass is 10.1. The monoisotopic (exact) mass is 397 g/mol. The topological polar surface area (TPSA) is 109 Å². The second-order valence-electron chi connectivity index (χ2n) is 5.35. The lowest BCUT2D eigenvalue weighted by molar-refractivity contribution is -0.137. The Morgan fingerprint density at radius 2 is 1.78 bits per heavy atom. The van der Waals surface area contributed by atoms with Gasteiger partial charge in [0, 0.05) is 12.4 Å². The zero-order valence-corrected chi connectivity index (χ0v) is 14.0. The molecule has 0 amide bonds. The second kappa shape index (κ2) is 6.50. The van der Waals surface area contributed by atoms with Gasteiger partial charge in [-0.25, -0.2) is 13.2 Å². The van der Waals surface area contributed by atoms with E-state index in [4.69, 9.17) is 5.11 Å². The number of halogens is 3. The average Bonchev–Trinajstić information content (AvgIpc) is 2.59. The first-order valence-electron chi connectivity index (χ1n) is 7.27. The molecule has 0 saturated heterocycles. The molecule has 0 unspecified atom stereocenters. The van der Waals surface area contributed by atoms with Crippen molar-refractivity contribution in [2.75, 3.05) is 4.72 Å². The summed E-state index contributed by atoms with van der Waals surface area (Å²) in [5.41, 5.74) is -2.28. The quantitative estimate of drug-likeness (QED) is 0.700. The molecular weight excluding hydrogens is 387 g/mol. The number of hydrogen-bond donors (Lipinski definition) is 2. The predicted molar refractivity (Wildman–Crippen MR) is 88.7 cm³/mol. The average molecular weight is 397 g/mol. The lowest BCUT2D eigenvalue weighted by Gasteiger charge is -2.14. The zero-order chi connectivity index (χ0) is 19.8. The maximum atomic E-state index is 12.9. The van der Waals surface area contributed by atoms with Crippen LogP contribution in [0.25, 0.3) is 11.0 Å². The maximum Gasteiger partial charge on any atom is 0.416 e. The summed E-state index contributed by atoms with van der Waals surface area (Å²) >= 11 is 0. The molecule has 11 heteroatoms. The molecule has 3 aromatic rings. The smallest absolute Gasteiger partial charge is 0.416 e. The minimum Gasteiger partial charge on any atom is -0.478 e. The summed E-state index contributed by atoms with van der Waals surface area (Å²) in [6.45, 7) is 0. The number of carboxylic acid groups (broad SMARTS) is 1. The van der Waals surface area contributed by atoms with Crippen LogP contribution in [-0.4, -0.2) is 29.5 Å². The van der Waals surface area contributed by atoms with Gasteiger partial charge < -0.3 is 5.11 Å². The van der Waals surface area contributed by atoms with E-state index in [1.165, 1.54) is 30.6 Å². The van der Waals surface area contributed by atoms with Gasteiger partial charge in [0.15, 0.2) is 0 Å². The van der Waals surface area contributed by atoms with Gasteiger partial charge in [0.25, 0.3) is 10.0 Å². The van der Waals surface area contributed by atoms with Crippen LogP contribution in [0.15, 0.2) is 53.7 Å². The molecule has 0 saturated carbocycles. The second-order valence-corrected chi connectivity index (χ2v) is 7.00. The first-order chi connectivity index (χ1) is 12.6. The van der Waals surface area contributed by atoms with E-state index in [1.54, 1.807) is 0 Å². The number of aromatic carboxylic acids is 1. The first kappa shape index (κ1) is 18.6. The fourth-order valence-corrected chi connectivity index (χ4v) is 3.61. The molecule has 7 nitrogen and oxygen atoms in total. The van der Waals surface area contributed by atoms with E-state index >= 15 is 0 Å². The molecule has 0 atom stereocenters. The molecule has 0 spiro atoms. The Bertz CT molecular complexity index is 1140. The van der Waals surface area contributed by atoms with Gasteiger partial charge in [-0.15, -0.1) is 0 Å². The van der Waals surface area contributed by atoms with Gasteiger partial charge in [-0.1, -0.05) is 6.07 Å². The summed E-state index contributed by atoms with van der Waals surface area (Å²) < 4.78 is 66.1. The summed E-state index contributed by atoms with van der Waals surface area (Å²) in [4.78, 5) is 18.8. The van der Waals surface area contributed by atoms with Crippen LogP contribution in [0, 0.1) is 0 Å². The number of para-hydroxylation sites is 1. The molecular formula is C16H10F3N3O4S. The van der Waals surface area contributed by atoms with Crippen molar-refractivity contribution in [1.29, 1.82) is 0 Å². The summed E-state index contributed by atoms with van der Waals surface area (Å²) in [6.07, 6.45) is -2.17. The first-order valence-corrected chi connectivity index (χ1v) is 8.75. The molecule has 140 valence electrons. The zero-order valence-electron chi connectivity index (χ0n) is 13.2. The largest absolute Gasteiger partial charge is 0.478 e. The van der Waals surface area contributed by atoms with Crippen LogP contribution < -0.4 is 4.72 Å². The van der Waals surface area contributed by atoms with Gasteiger partial charge in [0.05, 0.1) is 22.3 Å². The molecule has 1 aromatic heterocycles. The Morgan fingerprint density at radius 3 is 2.44 bits per heavy atom. The summed E-state index contributed by atoms with van der Waals surface area (Å²) in [6, 6.07) is 5.76. The van der Waals surface area contributed by atoms with E-state index in [9.17, 15) is 26.4 Å². The van der Waals surface area contributed by atoms with Crippen LogP contribution in [0.5, 0.6) is 0 Å². The molecule has 0 aliphatic rings. The fourth-order valence-electron chi connectivity index (χ4n) is 2.37. The van der Waals surface area contributed by atoms with Crippen LogP contribution in [0.3, 0.4) is 0 Å². The van der Waals surface area contributed by atoms with E-state index in [0.717, 1.165) is 0 Å². The van der Waals surface area contributed by atoms with Crippen LogP contribution in [0.4, 0.5) is 18.9 Å². The highest BCUT2D eigenvalue weighted by atomic mass is 32.2. The highest BCUT2D eigenvalue weighted by Gasteiger charge is 2.32. The number of aromatic nitrogens is 2. The molecule has 0 radical (unpaired) electrons. The maximum absolute atomic E-state index is 12.9. The Balaban J connectivity index is 2.14. The number of carbonyl (C=O) groups is 1. The van der Waals surface area contributed by atoms with E-state index in [1.807, 2.05) is 4.72 Å². The number of alkyl halides is 3. The highest BCUT2D eigenvalue weighted by Crippen LogP contribution is 2.33. The Labute approximate surface area is 150 Å². The van der Waals surface area contributed by atoms with Crippen molar-refractivity contribution >= 4 is 32.7 Å². The standard InChI is InChI=1S/C16H10F3N3O4S/c17-16(18,19)9-4-5-10(15(23)24)12(8-9)22-27(25,26)13-3-1-2-11-14(13)21-7-6-20-11/h1-8,22H,(H,23,24). The molecule has 1 heterocycles. The van der Waals surface area contributed by atoms with Crippen LogP contribution in [0.2, 0.25) is 0 Å². The number of carboxylic acids is 1. The van der Waals surface area contributed by atoms with E-state index in [2.05, 4.69) is 9.97 Å². The van der Waals surface area contributed by atoms with Gasteiger partial charge >= 0.3 is 12.1 Å². The molecule has 27 heavy (non-hydrogen) atoms. The number of hydrogen-bond acceptors (Lipinski definition) is 5. The number of nitrogens with zero attached hydrogens (tertiary/aromatic N) is 2. The van der Waals surface area contributed by atoms with Gasteiger partial charge in [-0.05, 0) is 30.3 Å². The number of fused-ring (bicyclic) bond motifs is 1. The Hall–Kier alpha value is -3.21. The third-order valence-electron chi connectivity index (χ3n) is 3.57. The normalized spacial score (nSPS) is 12.1.